The predicted octanol–water partition coefficient (Wildman–Crippen LogP) is 4.87. The van der Waals surface area contributed by atoms with Crippen molar-refractivity contribution in [2.45, 2.75) is 63.3 Å². The Morgan fingerprint density at radius 2 is 1.77 bits per heavy atom. The Morgan fingerprint density at radius 3 is 2.48 bits per heavy atom. The zero-order valence-electron chi connectivity index (χ0n) is 28.5. The van der Waals surface area contributed by atoms with Gasteiger partial charge in [-0.1, -0.05) is 42.9 Å². The average molecular weight is 764 g/mol. The number of halogens is 2. The monoisotopic (exact) mass is 763 g/mol. The van der Waals surface area contributed by atoms with Gasteiger partial charge < -0.3 is 20.1 Å². The number of ketones is 1. The number of rotatable bonds is 9. The van der Waals surface area contributed by atoms with Gasteiger partial charge in [-0.2, -0.15) is 0 Å². The van der Waals surface area contributed by atoms with Crippen molar-refractivity contribution in [2.24, 2.45) is 0 Å². The lowest BCUT2D eigenvalue weighted by Crippen LogP contribution is -2.44. The number of hydrogen-bond acceptors (Lipinski definition) is 7. The number of hydrogen-bond donors (Lipinski definition) is 3. The number of aromatic nitrogens is 1. The molecule has 1 saturated carbocycles. The Kier molecular flexibility index (Phi) is 8.86. The fraction of sp³-hybridized carbons (Fsp3) is 0.306. The van der Waals surface area contributed by atoms with Crippen molar-refractivity contribution in [3.8, 4) is 11.1 Å². The molecule has 1 aliphatic carbocycles. The number of nitrogens with one attached hydrogen (secondary N) is 3. The molecule has 3 N–H and O–H groups in total. The summed E-state index contributed by atoms with van der Waals surface area (Å²) in [5, 5.41) is 5.43. The molecule has 4 amide bonds. The largest absolute Gasteiger partial charge is 0.348 e. The molecular weight excluding hydrogens is 729 g/mol. The second kappa shape index (κ2) is 13.0. The molecule has 12 nitrogen and oxygen atoms in total. The van der Waals surface area contributed by atoms with E-state index in [9.17, 15) is 32.4 Å². The average Bonchev–Trinajstić information content (AvgIpc) is 3.70. The number of nitrogens with zero attached hydrogens (tertiary/aromatic N) is 2. The van der Waals surface area contributed by atoms with Gasteiger partial charge in [-0.05, 0) is 56.1 Å². The summed E-state index contributed by atoms with van der Waals surface area (Å²) in [6, 6.07) is 11.7. The maximum Gasteiger partial charge on any atom is 0.264 e. The highest BCUT2D eigenvalue weighted by Crippen LogP contribution is 2.38. The zero-order chi connectivity index (χ0) is 37.3. The number of benzene rings is 3. The lowest BCUT2D eigenvalue weighted by Gasteiger charge is -2.25. The van der Waals surface area contributed by atoms with E-state index in [0.717, 1.165) is 0 Å². The molecule has 16 heteroatoms. The van der Waals surface area contributed by atoms with E-state index in [4.69, 9.17) is 11.6 Å². The van der Waals surface area contributed by atoms with E-state index in [1.807, 2.05) is 0 Å². The minimum Gasteiger partial charge on any atom is -0.348 e. The fourth-order valence-corrected chi connectivity index (χ4v) is 11.6. The molecule has 0 radical (unpaired) electrons. The standard InChI is InChI=1S/C36H35ClFN5O7SSi/c1-19(44)27-15-42(29-12-7-20(13-25(27)29)34(46)41-51(49,50)21-8-9-21)16-31(45)43-18-52(2,3)17-30(43)36(48)40-28-6-4-5-23(33(28)38)22-10-11-24-26(32(22)37)14-39-35(24)47/h4-7,10-13,15,21,30H,8-9,14,16-18H2,1-3H3,(H,39,47)(H,40,48)(H,41,46)/t30-/m0/s1. The molecule has 2 fully saturated rings. The number of Topliss-reactive ketones (excluding diaryl/α,β-unsaturated/α-hetero) is 1. The molecule has 3 heterocycles. The molecule has 270 valence electrons. The highest BCUT2D eigenvalue weighted by molar-refractivity contribution is 7.91. The van der Waals surface area contributed by atoms with Crippen LogP contribution in [0.3, 0.4) is 0 Å². The van der Waals surface area contributed by atoms with Crippen molar-refractivity contribution >= 4 is 75.7 Å². The molecule has 1 saturated heterocycles. The molecule has 52 heavy (non-hydrogen) atoms. The third kappa shape index (κ3) is 6.52. The second-order valence-corrected chi connectivity index (χ2v) is 21.7. The third-order valence-corrected chi connectivity index (χ3v) is 14.8. The summed E-state index contributed by atoms with van der Waals surface area (Å²) in [5.41, 5.74) is 2.20. The van der Waals surface area contributed by atoms with Crippen LogP contribution in [0.25, 0.3) is 22.0 Å². The highest BCUT2D eigenvalue weighted by Gasteiger charge is 2.45. The first-order valence-electron chi connectivity index (χ1n) is 16.7. The summed E-state index contributed by atoms with van der Waals surface area (Å²) in [5.74, 6) is -3.02. The minimum absolute atomic E-state index is 0.0502. The first-order valence-corrected chi connectivity index (χ1v) is 22.1. The Hall–Kier alpha value is -4.86. The maximum atomic E-state index is 16.0. The predicted molar refractivity (Wildman–Crippen MR) is 196 cm³/mol. The van der Waals surface area contributed by atoms with Gasteiger partial charge in [0.15, 0.2) is 11.6 Å². The van der Waals surface area contributed by atoms with Gasteiger partial charge in [0.25, 0.3) is 11.8 Å². The van der Waals surface area contributed by atoms with Crippen LogP contribution < -0.4 is 15.4 Å². The third-order valence-electron chi connectivity index (χ3n) is 9.83. The Labute approximate surface area is 304 Å². The summed E-state index contributed by atoms with van der Waals surface area (Å²) in [4.78, 5) is 66.8. The van der Waals surface area contributed by atoms with Gasteiger partial charge in [-0.25, -0.2) is 17.5 Å². The van der Waals surface area contributed by atoms with Crippen molar-refractivity contribution in [1.29, 1.82) is 0 Å². The number of sulfonamides is 1. The van der Waals surface area contributed by atoms with E-state index < -0.39 is 47.0 Å². The quantitative estimate of drug-likeness (QED) is 0.162. The summed E-state index contributed by atoms with van der Waals surface area (Å²) in [6.07, 6.45) is 2.87. The van der Waals surface area contributed by atoms with Crippen molar-refractivity contribution in [3.05, 3.63) is 87.8 Å². The molecule has 3 aliphatic rings. The summed E-state index contributed by atoms with van der Waals surface area (Å²) in [6.45, 7) is 5.48. The number of carbonyl (C=O) groups is 5. The van der Waals surface area contributed by atoms with Crippen molar-refractivity contribution in [2.75, 3.05) is 11.5 Å². The second-order valence-electron chi connectivity index (χ2n) is 14.3. The lowest BCUT2D eigenvalue weighted by atomic mass is 9.99. The molecular formula is C36H35ClFN5O7SSi. The van der Waals surface area contributed by atoms with Crippen LogP contribution >= 0.6 is 11.6 Å². The Morgan fingerprint density at radius 1 is 1.04 bits per heavy atom. The first-order chi connectivity index (χ1) is 24.5. The molecule has 0 bridgehead atoms. The van der Waals surface area contributed by atoms with Gasteiger partial charge in [-0.3, -0.25) is 24.0 Å². The zero-order valence-corrected chi connectivity index (χ0v) is 31.1. The smallest absolute Gasteiger partial charge is 0.264 e. The van der Waals surface area contributed by atoms with Gasteiger partial charge in [-0.15, -0.1) is 0 Å². The number of fused-ring (bicyclic) bond motifs is 2. The van der Waals surface area contributed by atoms with Crippen LogP contribution in [0.4, 0.5) is 10.1 Å². The molecule has 7 rings (SSSR count). The van der Waals surface area contributed by atoms with E-state index in [1.54, 1.807) is 28.8 Å². The van der Waals surface area contributed by atoms with Gasteiger partial charge in [0.2, 0.25) is 21.8 Å². The first kappa shape index (κ1) is 35.5. The fourth-order valence-electron chi connectivity index (χ4n) is 7.03. The SMILES string of the molecule is CC(=O)c1cn(CC(=O)N2C[Si](C)(C)C[C@H]2C(=O)Nc2cccc(-c3ccc4c(c3Cl)CNC4=O)c2F)c2ccc(C(=O)NS(=O)(=O)C3CC3)cc12. The van der Waals surface area contributed by atoms with Gasteiger partial charge in [0.1, 0.15) is 12.6 Å². The number of carbonyl (C=O) groups excluding carboxylic acids is 5. The number of anilines is 1. The van der Waals surface area contributed by atoms with Crippen molar-refractivity contribution in [3.63, 3.8) is 0 Å². The molecule has 4 aromatic rings. The molecule has 1 aromatic heterocycles. The van der Waals surface area contributed by atoms with Crippen LogP contribution in [-0.4, -0.2) is 72.8 Å². The van der Waals surface area contributed by atoms with Gasteiger partial charge >= 0.3 is 0 Å². The molecule has 1 atom stereocenters. The van der Waals surface area contributed by atoms with E-state index in [-0.39, 0.29) is 58.1 Å². The molecule has 0 spiro atoms. The minimum atomic E-state index is -3.79. The summed E-state index contributed by atoms with van der Waals surface area (Å²) in [7, 11) is -5.88. The van der Waals surface area contributed by atoms with Crippen LogP contribution in [0.1, 0.15) is 56.4 Å². The van der Waals surface area contributed by atoms with Crippen molar-refractivity contribution in [1.82, 2.24) is 19.5 Å². The summed E-state index contributed by atoms with van der Waals surface area (Å²) >= 11 is 6.61. The van der Waals surface area contributed by atoms with Crippen LogP contribution in [-0.2, 0) is 32.7 Å². The van der Waals surface area contributed by atoms with E-state index in [1.165, 1.54) is 42.3 Å². The van der Waals surface area contributed by atoms with E-state index in [2.05, 4.69) is 28.4 Å². The molecule has 3 aromatic carbocycles. The lowest BCUT2D eigenvalue weighted by molar-refractivity contribution is -0.136. The topological polar surface area (TPSA) is 164 Å². The van der Waals surface area contributed by atoms with E-state index in [0.29, 0.717) is 52.6 Å². The van der Waals surface area contributed by atoms with E-state index >= 15 is 4.39 Å². The highest BCUT2D eigenvalue weighted by atomic mass is 35.5. The molecule has 0 unspecified atom stereocenters. The normalized spacial score (nSPS) is 17.9. The van der Waals surface area contributed by atoms with Crippen LogP contribution in [0, 0.1) is 5.82 Å². The van der Waals surface area contributed by atoms with Gasteiger partial charge in [0.05, 0.1) is 24.0 Å². The van der Waals surface area contributed by atoms with Gasteiger partial charge in [0, 0.05) is 63.2 Å². The van der Waals surface area contributed by atoms with Crippen molar-refractivity contribution < 1.29 is 36.8 Å². The Balaban J connectivity index is 1.12. The van der Waals surface area contributed by atoms with Crippen LogP contribution in [0.5, 0.6) is 0 Å². The van der Waals surface area contributed by atoms with Crippen LogP contribution in [0.15, 0.2) is 54.7 Å². The Bertz CT molecular complexity index is 2360. The number of amides is 4. The van der Waals surface area contributed by atoms with Crippen LogP contribution in [0.2, 0.25) is 24.2 Å². The summed E-state index contributed by atoms with van der Waals surface area (Å²) < 4.78 is 44.4. The maximum absolute atomic E-state index is 16.0. The molecule has 2 aliphatic heterocycles.